The average molecular weight is 325 g/mol. The summed E-state index contributed by atoms with van der Waals surface area (Å²) in [4.78, 5) is 11.7. The van der Waals surface area contributed by atoms with Crippen molar-refractivity contribution in [3.05, 3.63) is 34.1 Å². The fraction of sp³-hybridized carbons (Fsp3) is 0.333. The van der Waals surface area contributed by atoms with Crippen LogP contribution in [0, 0.1) is 34.7 Å². The number of Topliss-reactive ketones (excluding diaryl/α,β-unsaturated/α-hetero) is 1. The van der Waals surface area contributed by atoms with Crippen LogP contribution >= 0.6 is 0 Å². The van der Waals surface area contributed by atoms with Crippen molar-refractivity contribution in [2.24, 2.45) is 5.92 Å². The minimum Gasteiger partial charge on any atom is -0.387 e. The van der Waals surface area contributed by atoms with Crippen molar-refractivity contribution in [2.45, 2.75) is 18.4 Å². The summed E-state index contributed by atoms with van der Waals surface area (Å²) in [6, 6.07) is 0.947. The number of hydrogen-bond donors (Lipinski definition) is 2. The Morgan fingerprint density at radius 2 is 1.68 bits per heavy atom. The molecule has 0 radical (unpaired) electrons. The van der Waals surface area contributed by atoms with Crippen molar-refractivity contribution in [1.82, 2.24) is 0 Å². The third-order valence-electron chi connectivity index (χ3n) is 3.33. The van der Waals surface area contributed by atoms with Crippen LogP contribution in [0.25, 0.3) is 0 Å². The quantitative estimate of drug-likeness (QED) is 0.609. The van der Waals surface area contributed by atoms with Crippen LogP contribution in [0.5, 0.6) is 0 Å². The Balaban J connectivity index is 2.71. The van der Waals surface area contributed by atoms with Crippen LogP contribution in [-0.4, -0.2) is 28.3 Å². The average Bonchev–Trinajstić information content (AvgIpc) is 2.67. The highest BCUT2D eigenvalue weighted by molar-refractivity contribution is 6.03. The van der Waals surface area contributed by atoms with E-state index in [-0.39, 0.29) is 0 Å². The molecule has 10 heteroatoms. The van der Waals surface area contributed by atoms with Gasteiger partial charge in [0, 0.05) is 5.56 Å². The Kier molecular flexibility index (Phi) is 3.67. The van der Waals surface area contributed by atoms with Crippen LogP contribution in [0.4, 0.5) is 26.3 Å². The van der Waals surface area contributed by atoms with Gasteiger partial charge in [0.25, 0.3) is 0 Å². The smallest absolute Gasteiger partial charge is 0.387 e. The summed E-state index contributed by atoms with van der Waals surface area (Å²) < 4.78 is 78.4. The lowest BCUT2D eigenvalue weighted by atomic mass is 9.95. The number of nitriles is 1. The maximum Gasteiger partial charge on any atom is 0.415 e. The Morgan fingerprint density at radius 3 is 2.14 bits per heavy atom. The van der Waals surface area contributed by atoms with Crippen molar-refractivity contribution in [3.63, 3.8) is 0 Å². The first-order chi connectivity index (χ1) is 10.0. The van der Waals surface area contributed by atoms with Crippen molar-refractivity contribution in [2.75, 3.05) is 0 Å². The first-order valence-corrected chi connectivity index (χ1v) is 5.61. The number of rotatable bonds is 1. The van der Waals surface area contributed by atoms with Crippen molar-refractivity contribution >= 4 is 5.78 Å². The molecule has 0 aromatic heterocycles. The Bertz CT molecular complexity index is 709. The number of ketones is 1. The second kappa shape index (κ2) is 4.96. The topological polar surface area (TPSA) is 81.3 Å². The summed E-state index contributed by atoms with van der Waals surface area (Å²) in [5.41, 5.74) is -4.19. The molecular weight excluding hydrogens is 320 g/mol. The predicted octanol–water partition coefficient (Wildman–Crippen LogP) is 1.74. The second-order valence-electron chi connectivity index (χ2n) is 4.54. The van der Waals surface area contributed by atoms with Crippen LogP contribution in [-0.2, 0) is 0 Å². The minimum absolute atomic E-state index is 0.947. The molecule has 0 saturated carbocycles. The zero-order valence-electron chi connectivity index (χ0n) is 10.2. The van der Waals surface area contributed by atoms with E-state index in [2.05, 4.69) is 0 Å². The number of alkyl halides is 3. The van der Waals surface area contributed by atoms with Crippen LogP contribution in [0.2, 0.25) is 0 Å². The summed E-state index contributed by atoms with van der Waals surface area (Å²) in [6.45, 7) is 0. The molecule has 0 bridgehead atoms. The lowest BCUT2D eigenvalue weighted by molar-refractivity contribution is -0.221. The normalized spacial score (nSPS) is 22.4. The van der Waals surface area contributed by atoms with Gasteiger partial charge in [0.05, 0.1) is 17.6 Å². The van der Waals surface area contributed by atoms with Crippen molar-refractivity contribution in [1.29, 1.82) is 5.26 Å². The fourth-order valence-electron chi connectivity index (χ4n) is 2.30. The van der Waals surface area contributed by atoms with Gasteiger partial charge in [-0.15, -0.1) is 0 Å². The first-order valence-electron chi connectivity index (χ1n) is 5.61. The number of fused-ring (bicyclic) bond motifs is 1. The van der Waals surface area contributed by atoms with E-state index in [1.165, 1.54) is 0 Å². The SMILES string of the molecule is N#Cc1c(F)c(F)c2c(c1F)C(O)C(C(O)C(F)(F)F)C2=O. The summed E-state index contributed by atoms with van der Waals surface area (Å²) >= 11 is 0. The molecule has 0 amide bonds. The van der Waals surface area contributed by atoms with Gasteiger partial charge >= 0.3 is 6.18 Å². The van der Waals surface area contributed by atoms with Gasteiger partial charge in [-0.25, -0.2) is 13.2 Å². The van der Waals surface area contributed by atoms with Gasteiger partial charge in [0.15, 0.2) is 29.3 Å². The molecule has 1 aromatic rings. The number of halogens is 6. The highest BCUT2D eigenvalue weighted by Gasteiger charge is 2.55. The first kappa shape index (κ1) is 16.3. The van der Waals surface area contributed by atoms with Crippen LogP contribution in [0.1, 0.15) is 27.6 Å². The number of aliphatic hydroxyl groups excluding tert-OH is 2. The van der Waals surface area contributed by atoms with Gasteiger partial charge in [-0.2, -0.15) is 18.4 Å². The minimum atomic E-state index is -5.35. The number of aliphatic hydroxyl groups is 2. The molecule has 0 saturated heterocycles. The molecule has 118 valence electrons. The molecule has 1 aliphatic rings. The van der Waals surface area contributed by atoms with E-state index in [0.29, 0.717) is 0 Å². The molecule has 4 nitrogen and oxygen atoms in total. The fourth-order valence-corrected chi connectivity index (χ4v) is 2.30. The molecule has 1 aromatic carbocycles. The Hall–Kier alpha value is -2.12. The Labute approximate surface area is 118 Å². The molecule has 0 aliphatic heterocycles. The lowest BCUT2D eigenvalue weighted by Gasteiger charge is -2.22. The van der Waals surface area contributed by atoms with Gasteiger partial charge in [0.2, 0.25) is 0 Å². The molecule has 22 heavy (non-hydrogen) atoms. The van der Waals surface area contributed by atoms with Crippen molar-refractivity contribution < 1.29 is 41.4 Å². The van der Waals surface area contributed by atoms with E-state index in [1.54, 1.807) is 0 Å². The molecule has 1 aliphatic carbocycles. The summed E-state index contributed by atoms with van der Waals surface area (Å²) in [7, 11) is 0. The number of carbonyl (C=O) groups is 1. The van der Waals surface area contributed by atoms with Crippen LogP contribution in [0.15, 0.2) is 0 Å². The van der Waals surface area contributed by atoms with E-state index in [4.69, 9.17) is 10.4 Å². The zero-order chi connectivity index (χ0) is 17.0. The van der Waals surface area contributed by atoms with Gasteiger partial charge in [0.1, 0.15) is 11.6 Å². The number of benzene rings is 1. The number of carbonyl (C=O) groups excluding carboxylic acids is 1. The zero-order valence-corrected chi connectivity index (χ0v) is 10.2. The molecular formula is C12H5F6NO3. The maximum absolute atomic E-state index is 13.9. The summed E-state index contributed by atoms with van der Waals surface area (Å²) in [6.07, 6.45) is -11.3. The largest absolute Gasteiger partial charge is 0.415 e. The second-order valence-corrected chi connectivity index (χ2v) is 4.54. The van der Waals surface area contributed by atoms with Crippen molar-refractivity contribution in [3.8, 4) is 6.07 Å². The number of nitrogens with zero attached hydrogens (tertiary/aromatic N) is 1. The van der Waals surface area contributed by atoms with E-state index < -0.39 is 64.2 Å². The Morgan fingerprint density at radius 1 is 1.14 bits per heavy atom. The molecule has 2 N–H and O–H groups in total. The van der Waals surface area contributed by atoms with E-state index in [0.717, 1.165) is 6.07 Å². The monoisotopic (exact) mass is 325 g/mol. The third kappa shape index (κ3) is 2.05. The van der Waals surface area contributed by atoms with Gasteiger partial charge < -0.3 is 10.2 Å². The van der Waals surface area contributed by atoms with E-state index in [1.807, 2.05) is 0 Å². The standard InChI is InChI=1S/C12H5F6NO3/c13-6-2(1-19)7(14)8(15)4-3(6)9(20)5(10(4)21)11(22)12(16,17)18/h5,9,11,20,22H. The molecule has 3 atom stereocenters. The molecule has 3 unspecified atom stereocenters. The molecule has 2 rings (SSSR count). The van der Waals surface area contributed by atoms with Crippen LogP contribution in [0.3, 0.4) is 0 Å². The van der Waals surface area contributed by atoms with E-state index >= 15 is 0 Å². The highest BCUT2D eigenvalue weighted by atomic mass is 19.4. The van der Waals surface area contributed by atoms with Gasteiger partial charge in [-0.3, -0.25) is 4.79 Å². The lowest BCUT2D eigenvalue weighted by Crippen LogP contribution is -2.40. The summed E-state index contributed by atoms with van der Waals surface area (Å²) in [5.74, 6) is -10.4. The molecule has 0 fully saturated rings. The van der Waals surface area contributed by atoms with Gasteiger partial charge in [-0.05, 0) is 0 Å². The number of hydrogen-bond acceptors (Lipinski definition) is 4. The third-order valence-corrected chi connectivity index (χ3v) is 3.33. The highest BCUT2D eigenvalue weighted by Crippen LogP contribution is 2.45. The molecule has 0 heterocycles. The molecule has 0 spiro atoms. The van der Waals surface area contributed by atoms with Crippen LogP contribution < -0.4 is 0 Å². The predicted molar refractivity (Wildman–Crippen MR) is 55.9 cm³/mol. The van der Waals surface area contributed by atoms with E-state index in [9.17, 15) is 36.2 Å². The maximum atomic E-state index is 13.9. The summed E-state index contributed by atoms with van der Waals surface area (Å²) in [5, 5.41) is 27.2. The van der Waals surface area contributed by atoms with Gasteiger partial charge in [-0.1, -0.05) is 0 Å².